The molecule has 0 spiro atoms. The quantitative estimate of drug-likeness (QED) is 0.722. The first-order chi connectivity index (χ1) is 6.86. The van der Waals surface area contributed by atoms with Crippen molar-refractivity contribution in [2.45, 2.75) is 19.1 Å². The molecule has 1 aromatic rings. The fourth-order valence-electron chi connectivity index (χ4n) is 1.24. The van der Waals surface area contributed by atoms with Crippen molar-refractivity contribution >= 4 is 15.5 Å². The average Bonchev–Trinajstić information content (AvgIpc) is 2.16. The highest BCUT2D eigenvalue weighted by Crippen LogP contribution is 2.26. The lowest BCUT2D eigenvalue weighted by atomic mass is 10.1. The molecule has 1 aromatic heterocycles. The molecule has 0 radical (unpaired) electrons. The van der Waals surface area contributed by atoms with Gasteiger partial charge in [0.05, 0.1) is 11.8 Å². The monoisotopic (exact) mass is 224 g/mol. The molecule has 4 nitrogen and oxygen atoms in total. The number of aromatic nitrogens is 1. The third-order valence-corrected chi connectivity index (χ3v) is 3.86. The van der Waals surface area contributed by atoms with Gasteiger partial charge in [0.25, 0.3) is 0 Å². The van der Waals surface area contributed by atoms with Gasteiger partial charge >= 0.3 is 0 Å². The van der Waals surface area contributed by atoms with Crippen molar-refractivity contribution in [3.05, 3.63) is 34.9 Å². The van der Waals surface area contributed by atoms with Gasteiger partial charge in [-0.2, -0.15) is 0 Å². The zero-order chi connectivity index (χ0) is 11.6. The highest BCUT2D eigenvalue weighted by molar-refractivity contribution is 7.90. The van der Waals surface area contributed by atoms with Gasteiger partial charge in [-0.15, -0.1) is 0 Å². The summed E-state index contributed by atoms with van der Waals surface area (Å²) in [6.45, 7) is 10.2. The Labute approximate surface area is 89.7 Å². The van der Waals surface area contributed by atoms with Crippen LogP contribution in [-0.2, 0) is 9.84 Å². The number of hydrogen-bond acceptors (Lipinski definition) is 3. The van der Waals surface area contributed by atoms with E-state index in [-0.39, 0.29) is 0 Å². The minimum absolute atomic E-state index is 0.367. The molecule has 80 valence electrons. The molecule has 1 unspecified atom stereocenters. The normalized spacial score (nSPS) is 13.2. The van der Waals surface area contributed by atoms with E-state index in [4.69, 9.17) is 6.57 Å². The molecule has 0 aliphatic rings. The van der Waals surface area contributed by atoms with Gasteiger partial charge in [-0.3, -0.25) is 4.98 Å². The number of sulfone groups is 1. The summed E-state index contributed by atoms with van der Waals surface area (Å²) in [4.78, 5) is 7.24. The Morgan fingerprint density at radius 3 is 2.60 bits per heavy atom. The Kier molecular flexibility index (Phi) is 3.10. The summed E-state index contributed by atoms with van der Waals surface area (Å²) in [5.41, 5.74) is 1.62. The smallest absolute Gasteiger partial charge is 0.205 e. The minimum Gasteiger partial charge on any atom is -0.273 e. The molecule has 1 rings (SSSR count). The fraction of sp³-hybridized carbons (Fsp3) is 0.400. The summed E-state index contributed by atoms with van der Waals surface area (Å²) < 4.78 is 22.8. The standard InChI is InChI=1S/C10H12N2O2S/c1-7-10(8(2)15(4,13)14)5-9(11-3)6-12-7/h5-6,8H,1-2,4H3. The van der Waals surface area contributed by atoms with Gasteiger partial charge in [0, 0.05) is 18.1 Å². The molecule has 0 N–H and O–H groups in total. The van der Waals surface area contributed by atoms with E-state index in [0.717, 1.165) is 0 Å². The van der Waals surface area contributed by atoms with Crippen LogP contribution in [0, 0.1) is 13.5 Å². The molecule has 1 heterocycles. The number of aryl methyl sites for hydroxylation is 1. The van der Waals surface area contributed by atoms with Crippen molar-refractivity contribution in [1.29, 1.82) is 0 Å². The average molecular weight is 224 g/mol. The summed E-state index contributed by atoms with van der Waals surface area (Å²) in [6.07, 6.45) is 2.63. The molecule has 1 atom stereocenters. The lowest BCUT2D eigenvalue weighted by Crippen LogP contribution is -2.09. The predicted molar refractivity (Wildman–Crippen MR) is 58.5 cm³/mol. The van der Waals surface area contributed by atoms with Crippen molar-refractivity contribution < 1.29 is 8.42 Å². The van der Waals surface area contributed by atoms with Crippen LogP contribution in [0.3, 0.4) is 0 Å². The van der Waals surface area contributed by atoms with E-state index in [2.05, 4.69) is 9.83 Å². The first-order valence-electron chi connectivity index (χ1n) is 4.39. The van der Waals surface area contributed by atoms with Crippen molar-refractivity contribution in [2.75, 3.05) is 6.26 Å². The van der Waals surface area contributed by atoms with Crippen LogP contribution >= 0.6 is 0 Å². The van der Waals surface area contributed by atoms with E-state index in [1.165, 1.54) is 12.5 Å². The maximum absolute atomic E-state index is 11.4. The SMILES string of the molecule is [C-]#[N+]c1cnc(C)c(C(C)S(C)(=O)=O)c1. The van der Waals surface area contributed by atoms with E-state index in [0.29, 0.717) is 16.9 Å². The maximum Gasteiger partial charge on any atom is 0.205 e. The minimum atomic E-state index is -3.15. The van der Waals surface area contributed by atoms with Gasteiger partial charge in [0.2, 0.25) is 5.69 Å². The van der Waals surface area contributed by atoms with Gasteiger partial charge in [0.15, 0.2) is 9.84 Å². The number of nitrogens with zero attached hydrogens (tertiary/aromatic N) is 2. The molecule has 0 saturated carbocycles. The predicted octanol–water partition coefficient (Wildman–Crippen LogP) is 2.05. The van der Waals surface area contributed by atoms with E-state index in [1.807, 2.05) is 0 Å². The second kappa shape index (κ2) is 3.99. The fourth-order valence-corrected chi connectivity index (χ4v) is 1.94. The largest absolute Gasteiger partial charge is 0.273 e. The van der Waals surface area contributed by atoms with E-state index < -0.39 is 15.1 Å². The van der Waals surface area contributed by atoms with Gasteiger partial charge in [-0.25, -0.2) is 13.3 Å². The molecule has 0 saturated heterocycles. The number of hydrogen-bond donors (Lipinski definition) is 0. The second-order valence-electron chi connectivity index (χ2n) is 3.45. The Bertz CT molecular complexity index is 515. The van der Waals surface area contributed by atoms with Gasteiger partial charge in [-0.1, -0.05) is 0 Å². The molecule has 0 bridgehead atoms. The van der Waals surface area contributed by atoms with Gasteiger partial charge in [0.1, 0.15) is 0 Å². The summed E-state index contributed by atoms with van der Waals surface area (Å²) >= 11 is 0. The Hall–Kier alpha value is -1.41. The first-order valence-corrected chi connectivity index (χ1v) is 6.34. The lowest BCUT2D eigenvalue weighted by molar-refractivity contribution is 0.592. The summed E-state index contributed by atoms with van der Waals surface area (Å²) in [6, 6.07) is 1.58. The topological polar surface area (TPSA) is 51.4 Å². The molecule has 0 amide bonds. The third kappa shape index (κ3) is 2.54. The summed E-state index contributed by atoms with van der Waals surface area (Å²) in [7, 11) is -3.15. The molecule has 0 fully saturated rings. The Morgan fingerprint density at radius 2 is 2.13 bits per heavy atom. The van der Waals surface area contributed by atoms with Gasteiger partial charge in [-0.05, 0) is 25.5 Å². The molecule has 15 heavy (non-hydrogen) atoms. The second-order valence-corrected chi connectivity index (χ2v) is 5.82. The van der Waals surface area contributed by atoms with E-state index in [1.54, 1.807) is 19.9 Å². The van der Waals surface area contributed by atoms with Crippen LogP contribution in [0.5, 0.6) is 0 Å². The van der Waals surface area contributed by atoms with Crippen LogP contribution in [0.4, 0.5) is 5.69 Å². The lowest BCUT2D eigenvalue weighted by Gasteiger charge is -2.12. The third-order valence-electron chi connectivity index (χ3n) is 2.32. The number of pyridine rings is 1. The van der Waals surface area contributed by atoms with E-state index in [9.17, 15) is 8.42 Å². The van der Waals surface area contributed by atoms with Crippen molar-refractivity contribution in [3.63, 3.8) is 0 Å². The van der Waals surface area contributed by atoms with Crippen LogP contribution in [0.15, 0.2) is 12.3 Å². The molecule has 0 aliphatic carbocycles. The first kappa shape index (κ1) is 11.7. The van der Waals surface area contributed by atoms with E-state index >= 15 is 0 Å². The van der Waals surface area contributed by atoms with Crippen LogP contribution in [-0.4, -0.2) is 19.7 Å². The van der Waals surface area contributed by atoms with Crippen LogP contribution in [0.2, 0.25) is 0 Å². The van der Waals surface area contributed by atoms with Crippen molar-refractivity contribution in [1.82, 2.24) is 4.98 Å². The van der Waals surface area contributed by atoms with Gasteiger partial charge < -0.3 is 0 Å². The summed E-state index contributed by atoms with van der Waals surface area (Å²) in [5.74, 6) is 0. The zero-order valence-electron chi connectivity index (χ0n) is 8.85. The van der Waals surface area contributed by atoms with Crippen LogP contribution in [0.25, 0.3) is 4.85 Å². The Balaban J connectivity index is 3.32. The number of rotatable bonds is 2. The Morgan fingerprint density at radius 1 is 1.53 bits per heavy atom. The molecule has 5 heteroatoms. The molecular formula is C10H12N2O2S. The molecule has 0 aromatic carbocycles. The molecule has 0 aliphatic heterocycles. The van der Waals surface area contributed by atoms with Crippen LogP contribution < -0.4 is 0 Å². The van der Waals surface area contributed by atoms with Crippen LogP contribution in [0.1, 0.15) is 23.4 Å². The maximum atomic E-state index is 11.4. The highest BCUT2D eigenvalue weighted by Gasteiger charge is 2.19. The zero-order valence-corrected chi connectivity index (χ0v) is 9.67. The van der Waals surface area contributed by atoms with Crippen molar-refractivity contribution in [3.8, 4) is 0 Å². The molecular weight excluding hydrogens is 212 g/mol. The highest BCUT2D eigenvalue weighted by atomic mass is 32.2. The van der Waals surface area contributed by atoms with Crippen molar-refractivity contribution in [2.24, 2.45) is 0 Å². The summed E-state index contributed by atoms with van der Waals surface area (Å²) in [5, 5.41) is -0.619.